The van der Waals surface area contributed by atoms with Gasteiger partial charge in [-0.25, -0.2) is 4.79 Å². The summed E-state index contributed by atoms with van der Waals surface area (Å²) in [6.45, 7) is 5.47. The topological polar surface area (TPSA) is 82.1 Å². The van der Waals surface area contributed by atoms with Gasteiger partial charge < -0.3 is 18.9 Å². The zero-order valence-corrected chi connectivity index (χ0v) is 10.7. The van der Waals surface area contributed by atoms with Gasteiger partial charge in [0.15, 0.2) is 0 Å². The van der Waals surface area contributed by atoms with E-state index in [1.54, 1.807) is 13.8 Å². The van der Waals surface area contributed by atoms with E-state index in [0.717, 1.165) is 0 Å². The monoisotopic (exact) mass is 254 g/mol. The Hall–Kier alpha value is -0.420. The number of hydrogen-bond acceptors (Lipinski definition) is 5. The summed E-state index contributed by atoms with van der Waals surface area (Å²) in [4.78, 5) is 10.9. The molecule has 1 atom stereocenters. The van der Waals surface area contributed by atoms with E-state index in [1.807, 2.05) is 6.92 Å². The first kappa shape index (κ1) is 15.6. The smallest absolute Gasteiger partial charge is 0.370 e. The minimum Gasteiger partial charge on any atom is -0.479 e. The zero-order valence-electron chi connectivity index (χ0n) is 9.84. The van der Waals surface area contributed by atoms with Gasteiger partial charge in [-0.1, -0.05) is 6.92 Å². The first-order valence-corrected chi connectivity index (χ1v) is 6.86. The molecule has 0 saturated heterocycles. The largest absolute Gasteiger partial charge is 0.479 e. The summed E-state index contributed by atoms with van der Waals surface area (Å²) in [6.07, 6.45) is 0.627. The molecule has 6 nitrogen and oxygen atoms in total. The Balaban J connectivity index is 4.78. The molecular weight excluding hydrogens is 235 g/mol. The molecule has 0 aromatic carbocycles. The van der Waals surface area contributed by atoms with Crippen LogP contribution in [0.15, 0.2) is 0 Å². The van der Waals surface area contributed by atoms with Gasteiger partial charge in [0.05, 0.1) is 13.2 Å². The lowest BCUT2D eigenvalue weighted by Crippen LogP contribution is -2.26. The van der Waals surface area contributed by atoms with Gasteiger partial charge >= 0.3 is 13.6 Å². The van der Waals surface area contributed by atoms with E-state index in [4.69, 9.17) is 18.9 Å². The lowest BCUT2D eigenvalue weighted by Gasteiger charge is -2.23. The Labute approximate surface area is 95.4 Å². The van der Waals surface area contributed by atoms with Crippen LogP contribution in [0, 0.1) is 0 Å². The van der Waals surface area contributed by atoms with Crippen molar-refractivity contribution in [1.29, 1.82) is 0 Å². The molecule has 0 aromatic heterocycles. The number of carboxylic acids is 1. The SMILES string of the molecule is CCCOC(C(=O)O)P(=O)(OCC)OCC. The van der Waals surface area contributed by atoms with Crippen molar-refractivity contribution >= 4 is 13.6 Å². The molecule has 0 radical (unpaired) electrons. The highest BCUT2D eigenvalue weighted by Crippen LogP contribution is 2.53. The van der Waals surface area contributed by atoms with E-state index in [9.17, 15) is 9.36 Å². The van der Waals surface area contributed by atoms with Gasteiger partial charge in [0.1, 0.15) is 0 Å². The Morgan fingerprint density at radius 2 is 1.75 bits per heavy atom. The number of carbonyl (C=O) groups is 1. The number of ether oxygens (including phenoxy) is 1. The zero-order chi connectivity index (χ0) is 12.6. The minimum atomic E-state index is -3.74. The van der Waals surface area contributed by atoms with Gasteiger partial charge in [0.25, 0.3) is 5.85 Å². The fourth-order valence-electron chi connectivity index (χ4n) is 1.06. The molecule has 0 heterocycles. The summed E-state index contributed by atoms with van der Waals surface area (Å²) in [5.41, 5.74) is 0. The van der Waals surface area contributed by atoms with Crippen LogP contribution in [0.2, 0.25) is 0 Å². The minimum absolute atomic E-state index is 0.108. The second kappa shape index (κ2) is 7.79. The molecule has 0 aliphatic carbocycles. The molecule has 0 bridgehead atoms. The van der Waals surface area contributed by atoms with E-state index in [2.05, 4.69) is 0 Å². The first-order chi connectivity index (χ1) is 7.51. The maximum Gasteiger partial charge on any atom is 0.370 e. The predicted molar refractivity (Wildman–Crippen MR) is 58.5 cm³/mol. The second-order valence-electron chi connectivity index (χ2n) is 2.94. The maximum atomic E-state index is 12.1. The average molecular weight is 254 g/mol. The summed E-state index contributed by atoms with van der Waals surface area (Å²) in [5, 5.41) is 8.93. The van der Waals surface area contributed by atoms with Crippen LogP contribution in [0.1, 0.15) is 27.2 Å². The van der Waals surface area contributed by atoms with Gasteiger partial charge in [-0.2, -0.15) is 0 Å². The highest BCUT2D eigenvalue weighted by Gasteiger charge is 2.42. The van der Waals surface area contributed by atoms with Crippen molar-refractivity contribution in [3.05, 3.63) is 0 Å². The van der Waals surface area contributed by atoms with Gasteiger partial charge in [-0.3, -0.25) is 4.57 Å². The fourth-order valence-corrected chi connectivity index (χ4v) is 2.68. The van der Waals surface area contributed by atoms with Crippen molar-refractivity contribution in [3.63, 3.8) is 0 Å². The Kier molecular flexibility index (Phi) is 7.58. The molecule has 0 rings (SSSR count). The third-order valence-electron chi connectivity index (χ3n) is 1.60. The lowest BCUT2D eigenvalue weighted by atomic mass is 10.5. The van der Waals surface area contributed by atoms with Crippen LogP contribution in [0.4, 0.5) is 0 Å². The van der Waals surface area contributed by atoms with Crippen molar-refractivity contribution in [3.8, 4) is 0 Å². The molecule has 7 heteroatoms. The molecule has 0 aliphatic heterocycles. The van der Waals surface area contributed by atoms with Crippen LogP contribution < -0.4 is 0 Å². The quantitative estimate of drug-likeness (QED) is 0.634. The highest BCUT2D eigenvalue weighted by atomic mass is 31.2. The highest BCUT2D eigenvalue weighted by molar-refractivity contribution is 7.55. The van der Waals surface area contributed by atoms with E-state index in [-0.39, 0.29) is 19.8 Å². The van der Waals surface area contributed by atoms with Crippen molar-refractivity contribution < 1.29 is 28.3 Å². The molecule has 0 fully saturated rings. The molecule has 1 unspecified atom stereocenters. The average Bonchev–Trinajstić information content (AvgIpc) is 2.18. The molecule has 0 saturated carbocycles. The molecule has 0 aliphatic rings. The summed E-state index contributed by atoms with van der Waals surface area (Å²) in [6, 6.07) is 0. The molecule has 0 spiro atoms. The summed E-state index contributed by atoms with van der Waals surface area (Å²) in [5.74, 6) is -2.88. The third-order valence-corrected chi connectivity index (χ3v) is 3.78. The molecule has 0 amide bonds. The maximum absolute atomic E-state index is 12.1. The van der Waals surface area contributed by atoms with Crippen LogP contribution >= 0.6 is 7.60 Å². The normalized spacial score (nSPS) is 13.7. The van der Waals surface area contributed by atoms with Gasteiger partial charge in [0.2, 0.25) is 0 Å². The van der Waals surface area contributed by atoms with E-state index in [1.165, 1.54) is 0 Å². The molecule has 0 aromatic rings. The number of hydrogen-bond donors (Lipinski definition) is 1. The Morgan fingerprint density at radius 3 is 2.06 bits per heavy atom. The van der Waals surface area contributed by atoms with Crippen LogP contribution in [0.3, 0.4) is 0 Å². The van der Waals surface area contributed by atoms with Crippen LogP contribution in [-0.4, -0.2) is 36.7 Å². The first-order valence-electron chi connectivity index (χ1n) is 5.25. The van der Waals surface area contributed by atoms with Crippen molar-refractivity contribution in [2.24, 2.45) is 0 Å². The fraction of sp³-hybridized carbons (Fsp3) is 0.889. The molecule has 1 N–H and O–H groups in total. The number of carboxylic acid groups (broad SMARTS) is 1. The Morgan fingerprint density at radius 1 is 1.25 bits per heavy atom. The van der Waals surface area contributed by atoms with Gasteiger partial charge in [0, 0.05) is 6.61 Å². The predicted octanol–water partition coefficient (Wildman–Crippen LogP) is 2.09. The molecular formula is C9H19O6P. The third kappa shape index (κ3) is 4.61. The number of aliphatic carboxylic acids is 1. The number of rotatable bonds is 9. The Bertz CT molecular complexity index is 244. The second-order valence-corrected chi connectivity index (χ2v) is 5.00. The van der Waals surface area contributed by atoms with Crippen LogP contribution in [0.5, 0.6) is 0 Å². The van der Waals surface area contributed by atoms with E-state index < -0.39 is 19.4 Å². The summed E-state index contributed by atoms with van der Waals surface area (Å²) in [7, 11) is -3.74. The van der Waals surface area contributed by atoms with Crippen LogP contribution in [-0.2, 0) is 23.1 Å². The summed E-state index contributed by atoms with van der Waals surface area (Å²) >= 11 is 0. The summed E-state index contributed by atoms with van der Waals surface area (Å²) < 4.78 is 27.0. The van der Waals surface area contributed by atoms with E-state index in [0.29, 0.717) is 6.42 Å². The van der Waals surface area contributed by atoms with Crippen molar-refractivity contribution in [2.75, 3.05) is 19.8 Å². The molecule has 16 heavy (non-hydrogen) atoms. The van der Waals surface area contributed by atoms with Crippen LogP contribution in [0.25, 0.3) is 0 Å². The van der Waals surface area contributed by atoms with Gasteiger partial charge in [-0.15, -0.1) is 0 Å². The van der Waals surface area contributed by atoms with Crippen molar-refractivity contribution in [1.82, 2.24) is 0 Å². The standard InChI is InChI=1S/C9H19O6P/c1-4-7-13-9(8(10)11)16(12,14-5-2)15-6-3/h9H,4-7H2,1-3H3,(H,10,11). The lowest BCUT2D eigenvalue weighted by molar-refractivity contribution is -0.146. The van der Waals surface area contributed by atoms with E-state index >= 15 is 0 Å². The molecule has 96 valence electrons. The van der Waals surface area contributed by atoms with Crippen molar-refractivity contribution in [2.45, 2.75) is 33.0 Å². The van der Waals surface area contributed by atoms with Gasteiger partial charge in [-0.05, 0) is 20.3 Å².